The van der Waals surface area contributed by atoms with Gasteiger partial charge < -0.3 is 5.73 Å². The van der Waals surface area contributed by atoms with Crippen molar-refractivity contribution in [3.63, 3.8) is 0 Å². The lowest BCUT2D eigenvalue weighted by Crippen LogP contribution is -1.91. The van der Waals surface area contributed by atoms with Crippen LogP contribution in [0.15, 0.2) is 48.7 Å². The molecule has 0 saturated carbocycles. The highest BCUT2D eigenvalue weighted by molar-refractivity contribution is 6.32. The summed E-state index contributed by atoms with van der Waals surface area (Å²) in [6.45, 7) is 0. The first kappa shape index (κ1) is 10.2. The Kier molecular flexibility index (Phi) is 2.27. The molecule has 0 atom stereocenters. The molecule has 0 saturated heterocycles. The second kappa shape index (κ2) is 3.79. The maximum atomic E-state index is 6.31. The van der Waals surface area contributed by atoms with Gasteiger partial charge in [-0.3, -0.25) is 4.40 Å². The van der Waals surface area contributed by atoms with Gasteiger partial charge in [-0.05, 0) is 12.1 Å². The van der Waals surface area contributed by atoms with Crippen LogP contribution in [0.25, 0.3) is 16.9 Å². The summed E-state index contributed by atoms with van der Waals surface area (Å²) in [7, 11) is 0. The van der Waals surface area contributed by atoms with Crippen molar-refractivity contribution in [3.8, 4) is 11.3 Å². The lowest BCUT2D eigenvalue weighted by molar-refractivity contribution is 1.19. The molecule has 4 heteroatoms. The molecule has 0 bridgehead atoms. The first-order valence-corrected chi connectivity index (χ1v) is 5.62. The third-order valence-corrected chi connectivity index (χ3v) is 3.03. The first-order chi connectivity index (χ1) is 8.27. The van der Waals surface area contributed by atoms with Gasteiger partial charge in [0.2, 0.25) is 0 Å². The second-order valence-electron chi connectivity index (χ2n) is 3.77. The molecule has 84 valence electrons. The summed E-state index contributed by atoms with van der Waals surface area (Å²) in [6.07, 6.45) is 1.85. The van der Waals surface area contributed by atoms with Crippen molar-refractivity contribution in [2.75, 3.05) is 5.73 Å². The maximum absolute atomic E-state index is 6.31. The third-order valence-electron chi connectivity index (χ3n) is 2.67. The third kappa shape index (κ3) is 1.56. The summed E-state index contributed by atoms with van der Waals surface area (Å²) in [4.78, 5) is 4.49. The van der Waals surface area contributed by atoms with Crippen molar-refractivity contribution >= 4 is 22.9 Å². The fraction of sp³-hybridized carbons (Fsp3) is 0. The number of aromatic nitrogens is 2. The normalized spacial score (nSPS) is 10.9. The van der Waals surface area contributed by atoms with Crippen LogP contribution in [0.4, 0.5) is 5.69 Å². The molecule has 3 rings (SSSR count). The number of nitrogen functional groups attached to an aromatic ring is 1. The lowest BCUT2D eigenvalue weighted by Gasteiger charge is -1.97. The topological polar surface area (TPSA) is 43.3 Å². The molecule has 0 aliphatic heterocycles. The highest BCUT2D eigenvalue weighted by Crippen LogP contribution is 2.29. The number of nitrogens with zero attached hydrogens (tertiary/aromatic N) is 2. The van der Waals surface area contributed by atoms with E-state index in [0.717, 1.165) is 11.3 Å². The van der Waals surface area contributed by atoms with E-state index >= 15 is 0 Å². The quantitative estimate of drug-likeness (QED) is 0.713. The van der Waals surface area contributed by atoms with Crippen molar-refractivity contribution in [2.45, 2.75) is 0 Å². The monoisotopic (exact) mass is 243 g/mol. The van der Waals surface area contributed by atoms with Crippen molar-refractivity contribution < 1.29 is 0 Å². The summed E-state index contributed by atoms with van der Waals surface area (Å²) in [6, 6.07) is 13.5. The highest BCUT2D eigenvalue weighted by atomic mass is 35.5. The summed E-state index contributed by atoms with van der Waals surface area (Å²) in [5.41, 5.74) is 8.93. The number of rotatable bonds is 1. The van der Waals surface area contributed by atoms with E-state index in [2.05, 4.69) is 4.98 Å². The Morgan fingerprint density at radius 1 is 1.06 bits per heavy atom. The molecule has 0 radical (unpaired) electrons. The summed E-state index contributed by atoms with van der Waals surface area (Å²) >= 11 is 6.31. The second-order valence-corrected chi connectivity index (χ2v) is 4.13. The van der Waals surface area contributed by atoms with Crippen molar-refractivity contribution in [3.05, 3.63) is 53.8 Å². The zero-order chi connectivity index (χ0) is 11.8. The van der Waals surface area contributed by atoms with Gasteiger partial charge in [0, 0.05) is 11.8 Å². The van der Waals surface area contributed by atoms with Gasteiger partial charge in [-0.1, -0.05) is 41.9 Å². The van der Waals surface area contributed by atoms with E-state index in [1.165, 1.54) is 0 Å². The Bertz CT molecular complexity index is 674. The molecular formula is C13H10ClN3. The van der Waals surface area contributed by atoms with Crippen molar-refractivity contribution in [2.24, 2.45) is 0 Å². The van der Waals surface area contributed by atoms with E-state index in [-0.39, 0.29) is 0 Å². The molecule has 1 aromatic carbocycles. The van der Waals surface area contributed by atoms with E-state index in [1.807, 2.05) is 48.7 Å². The Labute approximate surface area is 103 Å². The van der Waals surface area contributed by atoms with Crippen LogP contribution < -0.4 is 5.73 Å². The standard InChI is InChI=1S/C13H10ClN3/c14-12-11(9-5-2-1-3-6-9)16-13-10(15)7-4-8-17(12)13/h1-8H,15H2. The number of halogens is 1. The minimum absolute atomic E-state index is 0.582. The maximum Gasteiger partial charge on any atom is 0.161 e. The molecule has 2 heterocycles. The SMILES string of the molecule is Nc1cccn2c(Cl)c(-c3ccccc3)nc12. The number of imidazole rings is 1. The Hall–Kier alpha value is -2.00. The van der Waals surface area contributed by atoms with E-state index in [0.29, 0.717) is 16.5 Å². The zero-order valence-electron chi connectivity index (χ0n) is 8.97. The fourth-order valence-electron chi connectivity index (χ4n) is 1.84. The van der Waals surface area contributed by atoms with Gasteiger partial charge in [0.1, 0.15) is 10.8 Å². The van der Waals surface area contributed by atoms with Crippen LogP contribution in [0.2, 0.25) is 5.15 Å². The van der Waals surface area contributed by atoms with Crippen LogP contribution >= 0.6 is 11.6 Å². The number of fused-ring (bicyclic) bond motifs is 1. The Morgan fingerprint density at radius 2 is 1.82 bits per heavy atom. The molecule has 0 aliphatic rings. The number of benzene rings is 1. The van der Waals surface area contributed by atoms with Gasteiger partial charge in [-0.15, -0.1) is 0 Å². The minimum atomic E-state index is 0.582. The molecule has 2 N–H and O–H groups in total. The smallest absolute Gasteiger partial charge is 0.161 e. The largest absolute Gasteiger partial charge is 0.396 e. The van der Waals surface area contributed by atoms with Crippen molar-refractivity contribution in [1.29, 1.82) is 0 Å². The molecule has 0 amide bonds. The number of pyridine rings is 1. The molecule has 3 nitrogen and oxygen atoms in total. The molecule has 0 fully saturated rings. The van der Waals surface area contributed by atoms with E-state index in [4.69, 9.17) is 17.3 Å². The molecule has 3 aromatic rings. The van der Waals surface area contributed by atoms with Crippen LogP contribution in [0.3, 0.4) is 0 Å². The zero-order valence-corrected chi connectivity index (χ0v) is 9.72. The van der Waals surface area contributed by atoms with E-state index in [9.17, 15) is 0 Å². The highest BCUT2D eigenvalue weighted by Gasteiger charge is 2.12. The molecular weight excluding hydrogens is 234 g/mol. The Morgan fingerprint density at radius 3 is 2.53 bits per heavy atom. The van der Waals surface area contributed by atoms with Crippen LogP contribution in [-0.2, 0) is 0 Å². The number of hydrogen-bond acceptors (Lipinski definition) is 2. The number of anilines is 1. The van der Waals surface area contributed by atoms with Crippen molar-refractivity contribution in [1.82, 2.24) is 9.38 Å². The average molecular weight is 244 g/mol. The van der Waals surface area contributed by atoms with E-state index < -0.39 is 0 Å². The molecule has 0 unspecified atom stereocenters. The van der Waals surface area contributed by atoms with Gasteiger partial charge in [0.15, 0.2) is 5.65 Å². The predicted octanol–water partition coefficient (Wildman–Crippen LogP) is 3.24. The van der Waals surface area contributed by atoms with Gasteiger partial charge >= 0.3 is 0 Å². The fourth-order valence-corrected chi connectivity index (χ4v) is 2.13. The molecule has 2 aromatic heterocycles. The van der Waals surface area contributed by atoms with Gasteiger partial charge in [0.05, 0.1) is 5.69 Å². The summed E-state index contributed by atoms with van der Waals surface area (Å²) < 4.78 is 1.79. The molecule has 17 heavy (non-hydrogen) atoms. The van der Waals surface area contributed by atoms with Crippen LogP contribution in [0.5, 0.6) is 0 Å². The van der Waals surface area contributed by atoms with E-state index in [1.54, 1.807) is 4.40 Å². The van der Waals surface area contributed by atoms with Crippen LogP contribution in [0, 0.1) is 0 Å². The van der Waals surface area contributed by atoms with Gasteiger partial charge in [0.25, 0.3) is 0 Å². The average Bonchev–Trinajstić information content (AvgIpc) is 2.70. The predicted molar refractivity (Wildman–Crippen MR) is 70.1 cm³/mol. The lowest BCUT2D eigenvalue weighted by atomic mass is 10.2. The summed E-state index contributed by atoms with van der Waals surface area (Å²) in [5, 5.41) is 0.582. The van der Waals surface area contributed by atoms with Gasteiger partial charge in [-0.2, -0.15) is 0 Å². The summed E-state index contributed by atoms with van der Waals surface area (Å²) in [5.74, 6) is 0. The number of hydrogen-bond donors (Lipinski definition) is 1. The Balaban J connectivity index is 2.32. The number of nitrogens with two attached hydrogens (primary N) is 1. The van der Waals surface area contributed by atoms with Gasteiger partial charge in [-0.25, -0.2) is 4.98 Å². The minimum Gasteiger partial charge on any atom is -0.396 e. The molecule has 0 spiro atoms. The first-order valence-electron chi connectivity index (χ1n) is 5.25. The van der Waals surface area contributed by atoms with Crippen LogP contribution in [0.1, 0.15) is 0 Å². The molecule has 0 aliphatic carbocycles. The van der Waals surface area contributed by atoms with Crippen LogP contribution in [-0.4, -0.2) is 9.38 Å².